The van der Waals surface area contributed by atoms with Crippen LogP contribution < -0.4 is 5.32 Å². The topological polar surface area (TPSA) is 73.3 Å². The molecule has 154 valence electrons. The van der Waals surface area contributed by atoms with Crippen LogP contribution in [0, 0.1) is 6.92 Å². The van der Waals surface area contributed by atoms with Gasteiger partial charge in [0.25, 0.3) is 0 Å². The fourth-order valence-electron chi connectivity index (χ4n) is 3.52. The number of aryl methyl sites for hydroxylation is 1. The number of carbonyl (C=O) groups excluding carboxylic acids is 1. The highest BCUT2D eigenvalue weighted by molar-refractivity contribution is 5.80. The van der Waals surface area contributed by atoms with Crippen molar-refractivity contribution in [2.45, 2.75) is 13.3 Å². The molecule has 2 aliphatic rings. The summed E-state index contributed by atoms with van der Waals surface area (Å²) in [6, 6.07) is 4.17. The third-order valence-corrected chi connectivity index (χ3v) is 5.28. The normalized spacial score (nSPS) is 19.0. The van der Waals surface area contributed by atoms with Gasteiger partial charge >= 0.3 is 0 Å². The minimum absolute atomic E-state index is 0.214. The van der Waals surface area contributed by atoms with Gasteiger partial charge < -0.3 is 19.9 Å². The third kappa shape index (κ3) is 5.90. The number of piperazine rings is 1. The lowest BCUT2D eigenvalue weighted by Gasteiger charge is -2.37. The van der Waals surface area contributed by atoms with Gasteiger partial charge in [-0.2, -0.15) is 0 Å². The van der Waals surface area contributed by atoms with Crippen LogP contribution >= 0.6 is 0 Å². The Morgan fingerprint density at radius 3 is 2.54 bits per heavy atom. The van der Waals surface area contributed by atoms with Crippen molar-refractivity contribution in [2.75, 3.05) is 72.6 Å². The van der Waals surface area contributed by atoms with Gasteiger partial charge in [0.2, 0.25) is 5.91 Å². The van der Waals surface area contributed by atoms with E-state index in [4.69, 9.17) is 4.74 Å². The summed E-state index contributed by atoms with van der Waals surface area (Å²) in [5.74, 6) is 1.14. The average Bonchev–Trinajstić information content (AvgIpc) is 2.74. The van der Waals surface area contributed by atoms with Gasteiger partial charge in [-0.05, 0) is 25.0 Å². The molecule has 1 aromatic rings. The summed E-state index contributed by atoms with van der Waals surface area (Å²) >= 11 is 0. The molecule has 1 N–H and O–H groups in total. The number of pyridine rings is 1. The van der Waals surface area contributed by atoms with Gasteiger partial charge in [0.05, 0.1) is 19.8 Å². The molecule has 1 amide bonds. The molecule has 0 radical (unpaired) electrons. The van der Waals surface area contributed by atoms with Crippen LogP contribution in [0.4, 0.5) is 0 Å². The Hall–Kier alpha value is -2.19. The van der Waals surface area contributed by atoms with Crippen molar-refractivity contribution in [3.8, 4) is 0 Å². The first-order valence-electron chi connectivity index (χ1n) is 10.1. The standard InChI is InChI=1S/C20H32N6O2/c1-17-3-4-18(15-23-17)5-6-22-20(21-2)26-9-7-24(8-10-26)16-19(27)25-11-13-28-14-12-25/h3-4,15H,5-14,16H2,1-2H3,(H,21,22). The molecule has 8 heteroatoms. The molecule has 0 aliphatic carbocycles. The van der Waals surface area contributed by atoms with Gasteiger partial charge in [-0.1, -0.05) is 6.07 Å². The molecule has 2 fully saturated rings. The Balaban J connectivity index is 1.38. The maximum Gasteiger partial charge on any atom is 0.236 e. The Morgan fingerprint density at radius 1 is 1.14 bits per heavy atom. The maximum atomic E-state index is 12.4. The van der Waals surface area contributed by atoms with E-state index in [1.54, 1.807) is 0 Å². The highest BCUT2D eigenvalue weighted by Crippen LogP contribution is 2.05. The minimum atomic E-state index is 0.214. The number of nitrogens with one attached hydrogen (secondary N) is 1. The summed E-state index contributed by atoms with van der Waals surface area (Å²) in [5.41, 5.74) is 2.26. The molecule has 0 bridgehead atoms. The maximum absolute atomic E-state index is 12.4. The van der Waals surface area contributed by atoms with Crippen LogP contribution in [0.5, 0.6) is 0 Å². The lowest BCUT2D eigenvalue weighted by Crippen LogP contribution is -2.55. The highest BCUT2D eigenvalue weighted by Gasteiger charge is 2.24. The molecule has 2 saturated heterocycles. The van der Waals surface area contributed by atoms with Crippen LogP contribution in [0.3, 0.4) is 0 Å². The molecule has 28 heavy (non-hydrogen) atoms. The molecule has 1 aromatic heterocycles. The van der Waals surface area contributed by atoms with Crippen molar-refractivity contribution in [2.24, 2.45) is 4.99 Å². The number of rotatable bonds is 5. The average molecular weight is 389 g/mol. The zero-order chi connectivity index (χ0) is 19.8. The smallest absolute Gasteiger partial charge is 0.236 e. The first-order valence-corrected chi connectivity index (χ1v) is 10.1. The molecule has 3 rings (SSSR count). The van der Waals surface area contributed by atoms with E-state index in [-0.39, 0.29) is 5.91 Å². The SMILES string of the molecule is CN=C(NCCc1ccc(C)nc1)N1CCN(CC(=O)N2CCOCC2)CC1. The molecular formula is C20H32N6O2. The fourth-order valence-corrected chi connectivity index (χ4v) is 3.52. The quantitative estimate of drug-likeness (QED) is 0.565. The van der Waals surface area contributed by atoms with Gasteiger partial charge in [-0.3, -0.25) is 19.7 Å². The zero-order valence-corrected chi connectivity index (χ0v) is 17.1. The number of carbonyl (C=O) groups is 1. The highest BCUT2D eigenvalue weighted by atomic mass is 16.5. The van der Waals surface area contributed by atoms with E-state index >= 15 is 0 Å². The molecular weight excluding hydrogens is 356 g/mol. The number of morpholine rings is 1. The molecule has 0 unspecified atom stereocenters. The molecule has 8 nitrogen and oxygen atoms in total. The number of guanidine groups is 1. The number of ether oxygens (including phenoxy) is 1. The second-order valence-corrected chi connectivity index (χ2v) is 7.29. The Morgan fingerprint density at radius 2 is 1.89 bits per heavy atom. The van der Waals surface area contributed by atoms with Crippen LogP contribution in [0.1, 0.15) is 11.3 Å². The molecule has 0 aromatic carbocycles. The first-order chi connectivity index (χ1) is 13.7. The number of hydrogen-bond acceptors (Lipinski definition) is 5. The van der Waals surface area contributed by atoms with E-state index in [1.807, 2.05) is 31.1 Å². The van der Waals surface area contributed by atoms with E-state index in [0.717, 1.165) is 50.8 Å². The van der Waals surface area contributed by atoms with Crippen LogP contribution in [-0.2, 0) is 16.0 Å². The number of hydrogen-bond donors (Lipinski definition) is 1. The second-order valence-electron chi connectivity index (χ2n) is 7.29. The van der Waals surface area contributed by atoms with E-state index in [1.165, 1.54) is 5.56 Å². The van der Waals surface area contributed by atoms with Crippen molar-refractivity contribution < 1.29 is 9.53 Å². The van der Waals surface area contributed by atoms with Gasteiger partial charge in [0.1, 0.15) is 0 Å². The van der Waals surface area contributed by atoms with Crippen molar-refractivity contribution in [1.29, 1.82) is 0 Å². The number of amides is 1. The fraction of sp³-hybridized carbons (Fsp3) is 0.650. The van der Waals surface area contributed by atoms with Crippen molar-refractivity contribution in [3.05, 3.63) is 29.6 Å². The molecule has 2 aliphatic heterocycles. The molecule has 0 atom stereocenters. The summed E-state index contributed by atoms with van der Waals surface area (Å²) in [6.45, 7) is 9.56. The lowest BCUT2D eigenvalue weighted by atomic mass is 10.2. The van der Waals surface area contributed by atoms with Crippen LogP contribution in [-0.4, -0.2) is 104 Å². The summed E-state index contributed by atoms with van der Waals surface area (Å²) in [5, 5.41) is 3.45. The summed E-state index contributed by atoms with van der Waals surface area (Å²) < 4.78 is 5.32. The lowest BCUT2D eigenvalue weighted by molar-refractivity contribution is -0.136. The van der Waals surface area contributed by atoms with E-state index in [9.17, 15) is 4.79 Å². The van der Waals surface area contributed by atoms with E-state index < -0.39 is 0 Å². The molecule has 0 spiro atoms. The Labute approximate surface area is 167 Å². The van der Waals surface area contributed by atoms with E-state index in [0.29, 0.717) is 32.8 Å². The van der Waals surface area contributed by atoms with Gasteiger partial charge in [-0.15, -0.1) is 0 Å². The summed E-state index contributed by atoms with van der Waals surface area (Å²) in [7, 11) is 1.82. The van der Waals surface area contributed by atoms with Crippen LogP contribution in [0.15, 0.2) is 23.3 Å². The molecule has 3 heterocycles. The van der Waals surface area contributed by atoms with Gasteiger partial charge in [0, 0.05) is 64.8 Å². The number of aromatic nitrogens is 1. The van der Waals surface area contributed by atoms with Crippen LogP contribution in [0.2, 0.25) is 0 Å². The monoisotopic (exact) mass is 388 g/mol. The van der Waals surface area contributed by atoms with E-state index in [2.05, 4.69) is 31.2 Å². The second kappa shape index (κ2) is 10.4. The van der Waals surface area contributed by atoms with Crippen molar-refractivity contribution >= 4 is 11.9 Å². The number of nitrogens with zero attached hydrogens (tertiary/aromatic N) is 5. The largest absolute Gasteiger partial charge is 0.378 e. The number of aliphatic imine (C=N–C) groups is 1. The summed E-state index contributed by atoms with van der Waals surface area (Å²) in [4.78, 5) is 27.6. The third-order valence-electron chi connectivity index (χ3n) is 5.28. The Kier molecular flexibility index (Phi) is 7.62. The predicted molar refractivity (Wildman–Crippen MR) is 109 cm³/mol. The van der Waals surface area contributed by atoms with Gasteiger partial charge in [-0.25, -0.2) is 0 Å². The van der Waals surface area contributed by atoms with Gasteiger partial charge in [0.15, 0.2) is 5.96 Å². The summed E-state index contributed by atoms with van der Waals surface area (Å²) in [6.07, 6.45) is 2.85. The molecule has 0 saturated carbocycles. The van der Waals surface area contributed by atoms with Crippen LogP contribution in [0.25, 0.3) is 0 Å². The van der Waals surface area contributed by atoms with Crippen molar-refractivity contribution in [3.63, 3.8) is 0 Å². The zero-order valence-electron chi connectivity index (χ0n) is 17.1. The Bertz CT molecular complexity index is 649. The minimum Gasteiger partial charge on any atom is -0.378 e. The first kappa shape index (κ1) is 20.5. The van der Waals surface area contributed by atoms with Crippen molar-refractivity contribution in [1.82, 2.24) is 25.0 Å². The predicted octanol–water partition coefficient (Wildman–Crippen LogP) is -0.0157.